The molecule has 0 aliphatic carbocycles. The number of rotatable bonds is 5. The average molecular weight is 384 g/mol. The van der Waals surface area contributed by atoms with E-state index >= 15 is 0 Å². The minimum absolute atomic E-state index is 0.371. The summed E-state index contributed by atoms with van der Waals surface area (Å²) in [5.74, 6) is 0.558. The van der Waals surface area contributed by atoms with Crippen molar-refractivity contribution in [2.45, 2.75) is 20.4 Å². The van der Waals surface area contributed by atoms with Gasteiger partial charge < -0.3 is 15.4 Å². The lowest BCUT2D eigenvalue weighted by Crippen LogP contribution is -2.19. The summed E-state index contributed by atoms with van der Waals surface area (Å²) < 4.78 is 4.88. The third-order valence-corrected chi connectivity index (χ3v) is 5.44. The van der Waals surface area contributed by atoms with Gasteiger partial charge in [0.1, 0.15) is 21.3 Å². The van der Waals surface area contributed by atoms with E-state index in [2.05, 4.69) is 9.97 Å². The second kappa shape index (κ2) is 7.32. The Morgan fingerprint density at radius 2 is 1.85 bits per heavy atom. The van der Waals surface area contributed by atoms with E-state index in [1.165, 1.54) is 18.4 Å². The molecule has 0 spiro atoms. The second-order valence-corrected chi connectivity index (χ2v) is 7.24. The van der Waals surface area contributed by atoms with Crippen molar-refractivity contribution in [1.82, 2.24) is 9.97 Å². The number of hydrogen-bond donors (Lipinski definition) is 1. The number of nitrogens with zero attached hydrogens (tertiary/aromatic N) is 3. The number of thiophene rings is 1. The highest BCUT2D eigenvalue weighted by Crippen LogP contribution is 2.35. The monoisotopic (exact) mass is 384 g/mol. The number of fused-ring (bicyclic) bond motifs is 1. The van der Waals surface area contributed by atoms with Crippen molar-refractivity contribution in [3.8, 4) is 0 Å². The van der Waals surface area contributed by atoms with Crippen molar-refractivity contribution in [3.05, 3.63) is 51.7 Å². The van der Waals surface area contributed by atoms with Crippen LogP contribution >= 0.6 is 11.3 Å². The molecule has 1 aromatic carbocycles. The molecule has 0 aliphatic rings. The largest absolute Gasteiger partial charge is 0.465 e. The van der Waals surface area contributed by atoms with Crippen LogP contribution in [0.5, 0.6) is 0 Å². The van der Waals surface area contributed by atoms with Gasteiger partial charge in [0, 0.05) is 19.2 Å². The van der Waals surface area contributed by atoms with Crippen LogP contribution in [0, 0.1) is 13.8 Å². The summed E-state index contributed by atoms with van der Waals surface area (Å²) in [5.41, 5.74) is 7.58. The quantitative estimate of drug-likeness (QED) is 0.679. The Labute approximate surface area is 160 Å². The number of ether oxygens (including phenoxy) is 1. The highest BCUT2D eigenvalue weighted by atomic mass is 32.1. The van der Waals surface area contributed by atoms with E-state index < -0.39 is 5.91 Å². The van der Waals surface area contributed by atoms with Gasteiger partial charge >= 0.3 is 5.97 Å². The number of anilines is 1. The Hall–Kier alpha value is -3.00. The van der Waals surface area contributed by atoms with Gasteiger partial charge in [-0.25, -0.2) is 14.8 Å². The lowest BCUT2D eigenvalue weighted by molar-refractivity contribution is 0.0605. The zero-order chi connectivity index (χ0) is 19.7. The first-order chi connectivity index (χ1) is 12.8. The Kier molecular flexibility index (Phi) is 5.09. The van der Waals surface area contributed by atoms with Gasteiger partial charge in [-0.15, -0.1) is 11.3 Å². The van der Waals surface area contributed by atoms with Crippen LogP contribution in [-0.4, -0.2) is 36.0 Å². The average Bonchev–Trinajstić information content (AvgIpc) is 2.97. The maximum Gasteiger partial charge on any atom is 0.348 e. The third-order valence-electron chi connectivity index (χ3n) is 4.27. The summed E-state index contributed by atoms with van der Waals surface area (Å²) in [6.07, 6.45) is 0. The van der Waals surface area contributed by atoms with E-state index in [1.807, 2.05) is 37.9 Å². The number of amides is 1. The molecule has 3 aromatic rings. The van der Waals surface area contributed by atoms with Crippen LogP contribution in [0.25, 0.3) is 10.2 Å². The van der Waals surface area contributed by atoms with Crippen LogP contribution in [0.15, 0.2) is 24.3 Å². The Morgan fingerprint density at radius 1 is 1.19 bits per heavy atom. The van der Waals surface area contributed by atoms with E-state index in [0.717, 1.165) is 27.2 Å². The fourth-order valence-corrected chi connectivity index (χ4v) is 4.05. The summed E-state index contributed by atoms with van der Waals surface area (Å²) in [6.45, 7) is 4.28. The number of benzene rings is 1. The van der Waals surface area contributed by atoms with Crippen LogP contribution in [-0.2, 0) is 11.3 Å². The number of aryl methyl sites for hydroxylation is 2. The Morgan fingerprint density at radius 3 is 2.44 bits per heavy atom. The first kappa shape index (κ1) is 18.8. The number of carbonyl (C=O) groups excluding carboxylic acids is 2. The molecule has 0 saturated heterocycles. The Balaban J connectivity index is 2.00. The molecule has 8 heteroatoms. The summed E-state index contributed by atoms with van der Waals surface area (Å²) in [7, 11) is 3.30. The topological polar surface area (TPSA) is 98.4 Å². The van der Waals surface area contributed by atoms with Crippen molar-refractivity contribution >= 4 is 39.2 Å². The maximum atomic E-state index is 12.0. The molecule has 0 bridgehead atoms. The van der Waals surface area contributed by atoms with Gasteiger partial charge in [-0.2, -0.15) is 0 Å². The molecule has 140 valence electrons. The molecule has 7 nitrogen and oxygen atoms in total. The zero-order valence-corrected chi connectivity index (χ0v) is 16.4. The predicted molar refractivity (Wildman–Crippen MR) is 105 cm³/mol. The number of esters is 1. The van der Waals surface area contributed by atoms with Crippen molar-refractivity contribution in [3.63, 3.8) is 0 Å². The van der Waals surface area contributed by atoms with E-state index in [0.29, 0.717) is 22.8 Å². The van der Waals surface area contributed by atoms with E-state index in [4.69, 9.17) is 10.5 Å². The number of methoxy groups -OCH3 is 1. The molecule has 0 fully saturated rings. The number of carbonyl (C=O) groups is 2. The molecule has 2 N–H and O–H groups in total. The van der Waals surface area contributed by atoms with E-state index in [-0.39, 0.29) is 5.97 Å². The first-order valence-corrected chi connectivity index (χ1v) is 9.09. The van der Waals surface area contributed by atoms with Gasteiger partial charge in [-0.05, 0) is 37.1 Å². The van der Waals surface area contributed by atoms with Crippen LogP contribution in [0.1, 0.15) is 37.0 Å². The van der Waals surface area contributed by atoms with Crippen molar-refractivity contribution in [2.24, 2.45) is 5.73 Å². The normalized spacial score (nSPS) is 10.8. The number of nitrogens with two attached hydrogens (primary N) is 1. The molecule has 0 atom stereocenters. The molecule has 0 unspecified atom stereocenters. The van der Waals surface area contributed by atoms with Gasteiger partial charge in [0.2, 0.25) is 5.91 Å². The highest BCUT2D eigenvalue weighted by Gasteiger charge is 2.22. The maximum absolute atomic E-state index is 12.0. The Bertz CT molecular complexity index is 1030. The standard InChI is InChI=1S/C19H20N4O3S/c1-10-14-17(21-11(2)22-18(14)27-15(10)19(25)26-4)23(3)9-12-5-7-13(8-6-12)16(20)24/h5-8H,9H2,1-4H3,(H2,20,24). The molecule has 0 aliphatic heterocycles. The highest BCUT2D eigenvalue weighted by molar-refractivity contribution is 7.20. The number of hydrogen-bond acceptors (Lipinski definition) is 7. The summed E-state index contributed by atoms with van der Waals surface area (Å²) in [4.78, 5) is 35.6. The minimum Gasteiger partial charge on any atom is -0.465 e. The molecule has 3 rings (SSSR count). The van der Waals surface area contributed by atoms with Gasteiger partial charge in [0.05, 0.1) is 12.5 Å². The van der Waals surface area contributed by atoms with E-state index in [9.17, 15) is 9.59 Å². The minimum atomic E-state index is -0.452. The summed E-state index contributed by atoms with van der Waals surface area (Å²) in [5, 5.41) is 0.849. The van der Waals surface area contributed by atoms with Crippen LogP contribution in [0.3, 0.4) is 0 Å². The molecule has 0 saturated carbocycles. The van der Waals surface area contributed by atoms with E-state index in [1.54, 1.807) is 12.1 Å². The smallest absolute Gasteiger partial charge is 0.348 e. The number of aromatic nitrogens is 2. The van der Waals surface area contributed by atoms with Gasteiger partial charge in [0.25, 0.3) is 0 Å². The SMILES string of the molecule is COC(=O)c1sc2nc(C)nc(N(C)Cc3ccc(C(N)=O)cc3)c2c1C. The van der Waals surface area contributed by atoms with Gasteiger partial charge in [-0.1, -0.05) is 12.1 Å². The number of primary amides is 1. The molecular formula is C19H20N4O3S. The lowest BCUT2D eigenvalue weighted by Gasteiger charge is -2.20. The predicted octanol–water partition coefficient (Wildman–Crippen LogP) is 2.83. The first-order valence-electron chi connectivity index (χ1n) is 8.27. The fourth-order valence-electron chi connectivity index (χ4n) is 2.91. The van der Waals surface area contributed by atoms with Crippen LogP contribution in [0.2, 0.25) is 0 Å². The molecule has 0 radical (unpaired) electrons. The van der Waals surface area contributed by atoms with Gasteiger partial charge in [-0.3, -0.25) is 4.79 Å². The second-order valence-electron chi connectivity index (χ2n) is 6.24. The lowest BCUT2D eigenvalue weighted by atomic mass is 10.1. The zero-order valence-electron chi connectivity index (χ0n) is 15.6. The third kappa shape index (κ3) is 3.61. The van der Waals surface area contributed by atoms with Crippen molar-refractivity contribution in [2.75, 3.05) is 19.1 Å². The summed E-state index contributed by atoms with van der Waals surface area (Å²) in [6, 6.07) is 7.14. The van der Waals surface area contributed by atoms with Crippen LogP contribution in [0.4, 0.5) is 5.82 Å². The van der Waals surface area contributed by atoms with Crippen molar-refractivity contribution < 1.29 is 14.3 Å². The van der Waals surface area contributed by atoms with Crippen LogP contribution < -0.4 is 10.6 Å². The molecule has 27 heavy (non-hydrogen) atoms. The molecule has 1 amide bonds. The molecule has 2 heterocycles. The summed E-state index contributed by atoms with van der Waals surface area (Å²) >= 11 is 1.31. The van der Waals surface area contributed by atoms with Crippen molar-refractivity contribution in [1.29, 1.82) is 0 Å². The molecular weight excluding hydrogens is 364 g/mol. The van der Waals surface area contributed by atoms with Gasteiger partial charge in [0.15, 0.2) is 0 Å². The fraction of sp³-hybridized carbons (Fsp3) is 0.263. The molecule has 2 aromatic heterocycles.